The molecule has 0 saturated carbocycles. The Morgan fingerprint density at radius 2 is 1.94 bits per heavy atom. The highest BCUT2D eigenvalue weighted by atomic mass is 16.5. The summed E-state index contributed by atoms with van der Waals surface area (Å²) in [4.78, 5) is 29.0. The topological polar surface area (TPSA) is 85.8 Å². The third-order valence-corrected chi connectivity index (χ3v) is 5.34. The number of rotatable bonds is 5. The van der Waals surface area contributed by atoms with E-state index in [-0.39, 0.29) is 12.5 Å². The number of aromatic nitrogens is 2. The van der Waals surface area contributed by atoms with E-state index in [9.17, 15) is 9.59 Å². The lowest BCUT2D eigenvalue weighted by atomic mass is 10.1. The number of anilines is 1. The Morgan fingerprint density at radius 3 is 2.82 bits per heavy atom. The van der Waals surface area contributed by atoms with Crippen LogP contribution < -0.4 is 15.7 Å². The van der Waals surface area contributed by atoms with Gasteiger partial charge in [0.15, 0.2) is 0 Å². The molecule has 0 saturated heterocycles. The maximum Gasteiger partial charge on any atom is 0.336 e. The number of nitrogens with one attached hydrogen (secondary N) is 1. The number of imidazole rings is 1. The number of amides is 1. The maximum absolute atomic E-state index is 12.8. The number of aryl methyl sites for hydroxylation is 2. The fourth-order valence-corrected chi connectivity index (χ4v) is 3.72. The van der Waals surface area contributed by atoms with Crippen molar-refractivity contribution in [2.45, 2.75) is 20.5 Å². The minimum Gasteiger partial charge on any atom is -0.487 e. The molecule has 5 aromatic rings. The van der Waals surface area contributed by atoms with Crippen LogP contribution in [0.2, 0.25) is 0 Å². The van der Waals surface area contributed by atoms with Crippen LogP contribution in [0.15, 0.2) is 82.3 Å². The Balaban J connectivity index is 1.30. The highest BCUT2D eigenvalue weighted by Crippen LogP contribution is 2.22. The van der Waals surface area contributed by atoms with Crippen LogP contribution in [0.25, 0.3) is 16.6 Å². The zero-order valence-electron chi connectivity index (χ0n) is 18.2. The van der Waals surface area contributed by atoms with Crippen molar-refractivity contribution in [2.24, 2.45) is 0 Å². The highest BCUT2D eigenvalue weighted by molar-refractivity contribution is 6.05. The molecule has 0 unspecified atom stereocenters. The molecule has 3 aromatic heterocycles. The zero-order chi connectivity index (χ0) is 22.9. The summed E-state index contributed by atoms with van der Waals surface area (Å²) in [5.74, 6) is 0.272. The molecule has 0 atom stereocenters. The maximum atomic E-state index is 12.8. The summed E-state index contributed by atoms with van der Waals surface area (Å²) in [6, 6.07) is 17.6. The molecule has 0 spiro atoms. The largest absolute Gasteiger partial charge is 0.487 e. The lowest BCUT2D eigenvalue weighted by Gasteiger charge is -2.09. The van der Waals surface area contributed by atoms with Crippen LogP contribution in [0.3, 0.4) is 0 Å². The van der Waals surface area contributed by atoms with Crippen molar-refractivity contribution in [1.82, 2.24) is 9.38 Å². The van der Waals surface area contributed by atoms with Gasteiger partial charge >= 0.3 is 5.63 Å². The molecule has 0 fully saturated rings. The number of nitrogens with zero attached hydrogens (tertiary/aromatic N) is 2. The molecule has 0 aliphatic heterocycles. The number of pyridine rings is 1. The molecule has 3 heterocycles. The van der Waals surface area contributed by atoms with E-state index in [2.05, 4.69) is 10.3 Å². The van der Waals surface area contributed by atoms with Gasteiger partial charge in [-0.15, -0.1) is 0 Å². The smallest absolute Gasteiger partial charge is 0.336 e. The first-order valence-corrected chi connectivity index (χ1v) is 10.5. The van der Waals surface area contributed by atoms with E-state index >= 15 is 0 Å². The van der Waals surface area contributed by atoms with Gasteiger partial charge in [0.25, 0.3) is 5.91 Å². The SMILES string of the molecule is Cc1ccc2nc(COc3cccc(C(=O)Nc4ccc5c(C)cc(=O)oc5c4)c3)cn2c1. The van der Waals surface area contributed by atoms with Gasteiger partial charge in [-0.2, -0.15) is 0 Å². The number of carbonyl (C=O) groups excluding carboxylic acids is 1. The average molecular weight is 439 g/mol. The molecule has 1 N–H and O–H groups in total. The summed E-state index contributed by atoms with van der Waals surface area (Å²) < 4.78 is 13.1. The molecule has 7 heteroatoms. The third kappa shape index (κ3) is 4.34. The number of benzene rings is 2. The van der Waals surface area contributed by atoms with E-state index < -0.39 is 5.63 Å². The Hall–Kier alpha value is -4.39. The highest BCUT2D eigenvalue weighted by Gasteiger charge is 2.10. The lowest BCUT2D eigenvalue weighted by Crippen LogP contribution is -2.12. The van der Waals surface area contributed by atoms with E-state index in [1.165, 1.54) is 6.07 Å². The molecule has 1 amide bonds. The number of fused-ring (bicyclic) bond motifs is 2. The fourth-order valence-electron chi connectivity index (χ4n) is 3.72. The standard InChI is InChI=1S/C26H21N3O4/c1-16-6-9-24-27-20(14-29(24)13-16)15-32-21-5-3-4-18(11-21)26(31)28-19-7-8-22-17(2)10-25(30)33-23(22)12-19/h3-14H,15H2,1-2H3,(H,28,31). The van der Waals surface area contributed by atoms with Crippen molar-refractivity contribution in [3.8, 4) is 5.75 Å². The van der Waals surface area contributed by atoms with Gasteiger partial charge in [0.1, 0.15) is 23.6 Å². The summed E-state index contributed by atoms with van der Waals surface area (Å²) >= 11 is 0. The molecule has 0 aliphatic carbocycles. The van der Waals surface area contributed by atoms with Crippen molar-refractivity contribution in [3.05, 3.63) is 106 Å². The van der Waals surface area contributed by atoms with Gasteiger partial charge < -0.3 is 18.9 Å². The first kappa shape index (κ1) is 20.5. The summed E-state index contributed by atoms with van der Waals surface area (Å²) in [6.07, 6.45) is 3.94. The molecule has 0 radical (unpaired) electrons. The normalized spacial score (nSPS) is 11.1. The van der Waals surface area contributed by atoms with Crippen molar-refractivity contribution >= 4 is 28.2 Å². The van der Waals surface area contributed by atoms with Gasteiger partial charge in [-0.3, -0.25) is 4.79 Å². The minimum absolute atomic E-state index is 0.287. The summed E-state index contributed by atoms with van der Waals surface area (Å²) in [5.41, 5.74) is 4.61. The van der Waals surface area contributed by atoms with Crippen molar-refractivity contribution in [3.63, 3.8) is 0 Å². The Kier molecular flexibility index (Phi) is 5.14. The predicted molar refractivity (Wildman–Crippen MR) is 126 cm³/mol. The first-order chi connectivity index (χ1) is 15.9. The van der Waals surface area contributed by atoms with E-state index in [0.717, 1.165) is 27.9 Å². The molecule has 33 heavy (non-hydrogen) atoms. The van der Waals surface area contributed by atoms with Crippen LogP contribution >= 0.6 is 0 Å². The Bertz CT molecular complexity index is 1570. The Labute approximate surface area is 189 Å². The van der Waals surface area contributed by atoms with E-state index in [1.54, 1.807) is 36.4 Å². The molecule has 7 nitrogen and oxygen atoms in total. The summed E-state index contributed by atoms with van der Waals surface area (Å²) in [6.45, 7) is 4.16. The van der Waals surface area contributed by atoms with E-state index in [1.807, 2.05) is 48.8 Å². The first-order valence-electron chi connectivity index (χ1n) is 10.5. The number of carbonyl (C=O) groups is 1. The second-order valence-electron chi connectivity index (χ2n) is 7.93. The summed E-state index contributed by atoms with van der Waals surface area (Å²) in [7, 11) is 0. The van der Waals surface area contributed by atoms with Crippen LogP contribution in [0, 0.1) is 13.8 Å². The monoisotopic (exact) mass is 439 g/mol. The molecule has 164 valence electrons. The quantitative estimate of drug-likeness (QED) is 0.394. The third-order valence-electron chi connectivity index (χ3n) is 5.34. The van der Waals surface area contributed by atoms with Gasteiger partial charge in [0, 0.05) is 41.2 Å². The molecular formula is C26H21N3O4. The second-order valence-corrected chi connectivity index (χ2v) is 7.93. The van der Waals surface area contributed by atoms with Crippen molar-refractivity contribution in [1.29, 1.82) is 0 Å². The second kappa shape index (κ2) is 8.27. The van der Waals surface area contributed by atoms with Gasteiger partial charge in [0.2, 0.25) is 0 Å². The molecule has 0 bridgehead atoms. The lowest BCUT2D eigenvalue weighted by molar-refractivity contribution is 0.102. The van der Waals surface area contributed by atoms with Crippen LogP contribution in [-0.2, 0) is 6.61 Å². The van der Waals surface area contributed by atoms with Crippen LogP contribution in [0.4, 0.5) is 5.69 Å². The van der Waals surface area contributed by atoms with E-state index in [4.69, 9.17) is 9.15 Å². The fraction of sp³-hybridized carbons (Fsp3) is 0.115. The number of hydrogen-bond donors (Lipinski definition) is 1. The number of hydrogen-bond acceptors (Lipinski definition) is 5. The van der Waals surface area contributed by atoms with Gasteiger partial charge in [-0.1, -0.05) is 12.1 Å². The van der Waals surface area contributed by atoms with Crippen molar-refractivity contribution in [2.75, 3.05) is 5.32 Å². The van der Waals surface area contributed by atoms with Gasteiger partial charge in [-0.05, 0) is 61.4 Å². The minimum atomic E-state index is -0.422. The molecule has 5 rings (SSSR count). The Morgan fingerprint density at radius 1 is 1.06 bits per heavy atom. The zero-order valence-corrected chi connectivity index (χ0v) is 18.2. The van der Waals surface area contributed by atoms with Crippen molar-refractivity contribution < 1.29 is 13.9 Å². The van der Waals surface area contributed by atoms with Gasteiger partial charge in [-0.25, -0.2) is 9.78 Å². The molecule has 0 aliphatic rings. The van der Waals surface area contributed by atoms with Crippen LogP contribution in [-0.4, -0.2) is 15.3 Å². The van der Waals surface area contributed by atoms with Crippen LogP contribution in [0.1, 0.15) is 27.2 Å². The molecular weight excluding hydrogens is 418 g/mol. The molecule has 2 aromatic carbocycles. The van der Waals surface area contributed by atoms with Crippen LogP contribution in [0.5, 0.6) is 5.75 Å². The predicted octanol–water partition coefficient (Wildman–Crippen LogP) is 4.89. The number of ether oxygens (including phenoxy) is 1. The van der Waals surface area contributed by atoms with E-state index in [0.29, 0.717) is 22.6 Å². The summed E-state index contributed by atoms with van der Waals surface area (Å²) in [5, 5.41) is 3.67. The van der Waals surface area contributed by atoms with Gasteiger partial charge in [0.05, 0.1) is 5.69 Å². The average Bonchev–Trinajstić information content (AvgIpc) is 3.19.